The highest BCUT2D eigenvalue weighted by Crippen LogP contribution is 2.27. The Morgan fingerprint density at radius 1 is 1.40 bits per heavy atom. The third-order valence-electron chi connectivity index (χ3n) is 2.40. The number of ether oxygens (including phenoxy) is 1. The molecular formula is C8H16O2. The zero-order chi connectivity index (χ0) is 7.72. The van der Waals surface area contributed by atoms with E-state index in [9.17, 15) is 5.11 Å². The molecule has 0 amide bonds. The largest absolute Gasteiger partial charge is 0.390 e. The molecule has 4 atom stereocenters. The van der Waals surface area contributed by atoms with Crippen molar-refractivity contribution in [2.24, 2.45) is 5.92 Å². The van der Waals surface area contributed by atoms with Crippen LogP contribution in [0, 0.1) is 5.92 Å². The van der Waals surface area contributed by atoms with Crippen LogP contribution in [0.4, 0.5) is 0 Å². The van der Waals surface area contributed by atoms with Crippen LogP contribution in [-0.2, 0) is 4.74 Å². The Bertz CT molecular complexity index is 114. The van der Waals surface area contributed by atoms with Crippen molar-refractivity contribution in [3.05, 3.63) is 0 Å². The number of aliphatic hydroxyl groups is 1. The molecule has 1 saturated heterocycles. The van der Waals surface area contributed by atoms with E-state index in [0.717, 1.165) is 6.42 Å². The third-order valence-corrected chi connectivity index (χ3v) is 2.40. The molecule has 0 aromatic rings. The van der Waals surface area contributed by atoms with Gasteiger partial charge < -0.3 is 9.84 Å². The molecule has 0 aliphatic carbocycles. The maximum atomic E-state index is 9.44. The average molecular weight is 144 g/mol. The Balaban J connectivity index is 2.53. The fraction of sp³-hybridized carbons (Fsp3) is 1.00. The number of rotatable bonds is 1. The molecule has 2 heteroatoms. The van der Waals surface area contributed by atoms with Crippen LogP contribution < -0.4 is 0 Å². The van der Waals surface area contributed by atoms with Crippen LogP contribution in [-0.4, -0.2) is 23.4 Å². The minimum absolute atomic E-state index is 0.0277. The maximum absolute atomic E-state index is 9.44. The van der Waals surface area contributed by atoms with Gasteiger partial charge in [-0.05, 0) is 13.3 Å². The second kappa shape index (κ2) is 2.89. The summed E-state index contributed by atoms with van der Waals surface area (Å²) in [6, 6.07) is 0. The topological polar surface area (TPSA) is 29.5 Å². The maximum Gasteiger partial charge on any atom is 0.0849 e. The third kappa shape index (κ3) is 1.18. The number of hydrogen-bond acceptors (Lipinski definition) is 2. The molecule has 10 heavy (non-hydrogen) atoms. The highest BCUT2D eigenvalue weighted by molar-refractivity contribution is 4.84. The predicted molar refractivity (Wildman–Crippen MR) is 39.8 cm³/mol. The van der Waals surface area contributed by atoms with Crippen LogP contribution in [0.3, 0.4) is 0 Å². The van der Waals surface area contributed by atoms with Crippen molar-refractivity contribution in [1.29, 1.82) is 0 Å². The molecule has 1 heterocycles. The average Bonchev–Trinajstić information content (AvgIpc) is 2.17. The summed E-state index contributed by atoms with van der Waals surface area (Å²) in [6.07, 6.45) is 1.04. The van der Waals surface area contributed by atoms with Crippen molar-refractivity contribution in [3.8, 4) is 0 Å². The minimum Gasteiger partial charge on any atom is -0.390 e. The SMILES string of the molecule is CC[C@H]1OC(C)[C@H](O)[C@@H]1C. The van der Waals surface area contributed by atoms with Gasteiger partial charge in [0, 0.05) is 5.92 Å². The number of aliphatic hydroxyl groups excluding tert-OH is 1. The molecule has 2 nitrogen and oxygen atoms in total. The molecule has 0 aromatic carbocycles. The van der Waals surface area contributed by atoms with Gasteiger partial charge in [0.25, 0.3) is 0 Å². The van der Waals surface area contributed by atoms with Crippen LogP contribution in [0.2, 0.25) is 0 Å². The molecule has 0 bridgehead atoms. The van der Waals surface area contributed by atoms with Crippen LogP contribution in [0.1, 0.15) is 27.2 Å². The van der Waals surface area contributed by atoms with Crippen molar-refractivity contribution in [2.75, 3.05) is 0 Å². The fourth-order valence-corrected chi connectivity index (χ4v) is 1.60. The van der Waals surface area contributed by atoms with Gasteiger partial charge in [0.2, 0.25) is 0 Å². The Kier molecular flexibility index (Phi) is 2.32. The van der Waals surface area contributed by atoms with Gasteiger partial charge in [-0.2, -0.15) is 0 Å². The van der Waals surface area contributed by atoms with E-state index in [1.165, 1.54) is 0 Å². The molecule has 1 rings (SSSR count). The van der Waals surface area contributed by atoms with Gasteiger partial charge in [0.05, 0.1) is 18.3 Å². The molecule has 1 fully saturated rings. The van der Waals surface area contributed by atoms with Crippen LogP contribution in [0.5, 0.6) is 0 Å². The lowest BCUT2D eigenvalue weighted by atomic mass is 9.98. The molecular weight excluding hydrogens is 128 g/mol. The second-order valence-corrected chi connectivity index (χ2v) is 3.14. The first-order valence-electron chi connectivity index (χ1n) is 4.00. The van der Waals surface area contributed by atoms with E-state index in [-0.39, 0.29) is 18.3 Å². The fourth-order valence-electron chi connectivity index (χ4n) is 1.60. The van der Waals surface area contributed by atoms with Gasteiger partial charge in [-0.3, -0.25) is 0 Å². The Morgan fingerprint density at radius 3 is 2.20 bits per heavy atom. The summed E-state index contributed by atoms with van der Waals surface area (Å²) in [6.45, 7) is 6.06. The van der Waals surface area contributed by atoms with E-state index in [0.29, 0.717) is 5.92 Å². The smallest absolute Gasteiger partial charge is 0.0849 e. The van der Waals surface area contributed by atoms with Crippen molar-refractivity contribution in [2.45, 2.75) is 45.5 Å². The zero-order valence-electron chi connectivity index (χ0n) is 6.87. The highest BCUT2D eigenvalue weighted by atomic mass is 16.5. The first kappa shape index (κ1) is 8.02. The van der Waals surface area contributed by atoms with Gasteiger partial charge in [-0.1, -0.05) is 13.8 Å². The van der Waals surface area contributed by atoms with Crippen LogP contribution in [0.25, 0.3) is 0 Å². The molecule has 1 aliphatic rings. The monoisotopic (exact) mass is 144 g/mol. The standard InChI is InChI=1S/C8H16O2/c1-4-7-5(2)8(9)6(3)10-7/h5-9H,4H2,1-3H3/t5-,6?,7-,8-/m1/s1. The lowest BCUT2D eigenvalue weighted by Gasteiger charge is -2.12. The first-order chi connectivity index (χ1) is 4.66. The van der Waals surface area contributed by atoms with E-state index in [4.69, 9.17) is 4.74 Å². The molecule has 60 valence electrons. The summed E-state index contributed by atoms with van der Waals surface area (Å²) in [5.74, 6) is 0.306. The summed E-state index contributed by atoms with van der Waals surface area (Å²) in [5, 5.41) is 9.44. The quantitative estimate of drug-likeness (QED) is 0.599. The van der Waals surface area contributed by atoms with E-state index >= 15 is 0 Å². The molecule has 0 saturated carbocycles. The lowest BCUT2D eigenvalue weighted by molar-refractivity contribution is 0.0209. The van der Waals surface area contributed by atoms with Crippen molar-refractivity contribution >= 4 is 0 Å². The number of hydrogen-bond donors (Lipinski definition) is 1. The Labute approximate surface area is 62.2 Å². The second-order valence-electron chi connectivity index (χ2n) is 3.14. The van der Waals surface area contributed by atoms with E-state index in [1.54, 1.807) is 0 Å². The summed E-state index contributed by atoms with van der Waals surface area (Å²) in [5.41, 5.74) is 0. The predicted octanol–water partition coefficient (Wildman–Crippen LogP) is 1.18. The molecule has 0 aromatic heterocycles. The van der Waals surface area contributed by atoms with Crippen LogP contribution in [0.15, 0.2) is 0 Å². The normalized spacial score (nSPS) is 48.0. The molecule has 0 spiro atoms. The Morgan fingerprint density at radius 2 is 2.00 bits per heavy atom. The van der Waals surface area contributed by atoms with E-state index < -0.39 is 0 Å². The molecule has 1 aliphatic heterocycles. The summed E-state index contributed by atoms with van der Waals surface area (Å²) in [7, 11) is 0. The highest BCUT2D eigenvalue weighted by Gasteiger charge is 2.36. The lowest BCUT2D eigenvalue weighted by Crippen LogP contribution is -2.23. The van der Waals surface area contributed by atoms with Gasteiger partial charge in [0.15, 0.2) is 0 Å². The van der Waals surface area contributed by atoms with Gasteiger partial charge >= 0.3 is 0 Å². The summed E-state index contributed by atoms with van der Waals surface area (Å²) in [4.78, 5) is 0. The van der Waals surface area contributed by atoms with Crippen molar-refractivity contribution < 1.29 is 9.84 Å². The summed E-state index contributed by atoms with van der Waals surface area (Å²) >= 11 is 0. The summed E-state index contributed by atoms with van der Waals surface area (Å²) < 4.78 is 5.48. The molecule has 1 N–H and O–H groups in total. The molecule has 1 unspecified atom stereocenters. The first-order valence-corrected chi connectivity index (χ1v) is 4.00. The van der Waals surface area contributed by atoms with Crippen molar-refractivity contribution in [3.63, 3.8) is 0 Å². The van der Waals surface area contributed by atoms with Crippen LogP contribution >= 0.6 is 0 Å². The van der Waals surface area contributed by atoms with E-state index in [1.807, 2.05) is 13.8 Å². The zero-order valence-corrected chi connectivity index (χ0v) is 6.87. The van der Waals surface area contributed by atoms with Crippen molar-refractivity contribution in [1.82, 2.24) is 0 Å². The Hall–Kier alpha value is -0.0800. The van der Waals surface area contributed by atoms with Gasteiger partial charge in [0.1, 0.15) is 0 Å². The van der Waals surface area contributed by atoms with Gasteiger partial charge in [-0.15, -0.1) is 0 Å². The minimum atomic E-state index is -0.259. The van der Waals surface area contributed by atoms with E-state index in [2.05, 4.69) is 6.92 Å². The van der Waals surface area contributed by atoms with Gasteiger partial charge in [-0.25, -0.2) is 0 Å². The molecule has 0 radical (unpaired) electrons.